The zero-order valence-electron chi connectivity index (χ0n) is 8.31. The monoisotopic (exact) mass is 219 g/mol. The molecule has 0 radical (unpaired) electrons. The van der Waals surface area contributed by atoms with Gasteiger partial charge in [-0.25, -0.2) is 9.78 Å². The zero-order valence-corrected chi connectivity index (χ0v) is 8.31. The topological polar surface area (TPSA) is 95.1 Å². The van der Waals surface area contributed by atoms with Crippen LogP contribution in [0.2, 0.25) is 0 Å². The number of aromatic nitrogens is 2. The summed E-state index contributed by atoms with van der Waals surface area (Å²) in [5.41, 5.74) is -0.0757. The lowest BCUT2D eigenvalue weighted by molar-refractivity contribution is -0.254. The first kappa shape index (κ1) is 10.2. The van der Waals surface area contributed by atoms with E-state index in [2.05, 4.69) is 14.7 Å². The van der Waals surface area contributed by atoms with Crippen molar-refractivity contribution in [3.05, 3.63) is 29.6 Å². The first-order valence-electron chi connectivity index (χ1n) is 4.41. The van der Waals surface area contributed by atoms with Gasteiger partial charge in [0.05, 0.1) is 13.1 Å². The van der Waals surface area contributed by atoms with Gasteiger partial charge >= 0.3 is 5.97 Å². The smallest absolute Gasteiger partial charge is 0.355 e. The van der Waals surface area contributed by atoms with E-state index in [0.29, 0.717) is 11.0 Å². The molecule has 0 aliphatic rings. The molecule has 6 heteroatoms. The van der Waals surface area contributed by atoms with E-state index >= 15 is 0 Å². The molecule has 0 amide bonds. The molecule has 0 aliphatic heterocycles. The highest BCUT2D eigenvalue weighted by molar-refractivity contribution is 6.10. The van der Waals surface area contributed by atoms with Crippen molar-refractivity contribution in [1.82, 2.24) is 9.97 Å². The molecule has 0 saturated carbocycles. The van der Waals surface area contributed by atoms with E-state index in [9.17, 15) is 14.7 Å². The Morgan fingerprint density at radius 1 is 1.50 bits per heavy atom. The van der Waals surface area contributed by atoms with Gasteiger partial charge < -0.3 is 19.6 Å². The number of pyridine rings is 1. The Morgan fingerprint density at radius 3 is 2.88 bits per heavy atom. The lowest BCUT2D eigenvalue weighted by Gasteiger charge is -2.02. The van der Waals surface area contributed by atoms with Gasteiger partial charge in [-0.2, -0.15) is 0 Å². The minimum absolute atomic E-state index is 0.156. The Balaban J connectivity index is 2.78. The number of aromatic carboxylic acids is 1. The molecule has 0 aliphatic carbocycles. The molecule has 16 heavy (non-hydrogen) atoms. The molecule has 2 heterocycles. The molecule has 2 rings (SSSR count). The van der Waals surface area contributed by atoms with Gasteiger partial charge in [-0.15, -0.1) is 0 Å². The van der Waals surface area contributed by atoms with E-state index in [4.69, 9.17) is 0 Å². The van der Waals surface area contributed by atoms with Crippen LogP contribution in [-0.2, 0) is 4.74 Å². The molecule has 2 aromatic rings. The van der Waals surface area contributed by atoms with Crippen molar-refractivity contribution in [1.29, 1.82) is 0 Å². The van der Waals surface area contributed by atoms with Crippen LogP contribution in [0.15, 0.2) is 18.3 Å². The van der Waals surface area contributed by atoms with Crippen molar-refractivity contribution >= 4 is 23.0 Å². The van der Waals surface area contributed by atoms with Gasteiger partial charge in [0.1, 0.15) is 11.3 Å². The maximum Gasteiger partial charge on any atom is 0.355 e. The van der Waals surface area contributed by atoms with Gasteiger partial charge in [0, 0.05) is 17.1 Å². The highest BCUT2D eigenvalue weighted by atomic mass is 16.5. The van der Waals surface area contributed by atoms with Gasteiger partial charge in [0.15, 0.2) is 0 Å². The van der Waals surface area contributed by atoms with Crippen molar-refractivity contribution in [2.24, 2.45) is 0 Å². The number of methoxy groups -OCH3 is 1. The second-order valence-corrected chi connectivity index (χ2v) is 3.05. The number of esters is 1. The van der Waals surface area contributed by atoms with Crippen LogP contribution in [0.4, 0.5) is 0 Å². The highest BCUT2D eigenvalue weighted by Crippen LogP contribution is 2.20. The SMILES string of the molecule is COC(=O)c1[nH]c2ncccc2c1C(=O)[O-]. The number of H-pyrrole nitrogens is 1. The minimum Gasteiger partial charge on any atom is -0.545 e. The van der Waals surface area contributed by atoms with E-state index in [0.717, 1.165) is 0 Å². The maximum atomic E-state index is 11.3. The number of rotatable bonds is 2. The second kappa shape index (κ2) is 3.65. The van der Waals surface area contributed by atoms with Crippen molar-refractivity contribution in [2.45, 2.75) is 0 Å². The van der Waals surface area contributed by atoms with Crippen molar-refractivity contribution < 1.29 is 19.4 Å². The number of aromatic amines is 1. The summed E-state index contributed by atoms with van der Waals surface area (Å²) in [4.78, 5) is 28.8. The molecule has 6 nitrogen and oxygen atoms in total. The van der Waals surface area contributed by atoms with Crippen molar-refractivity contribution in [3.8, 4) is 0 Å². The third kappa shape index (κ3) is 1.40. The average molecular weight is 219 g/mol. The molecule has 0 unspecified atom stereocenters. The quantitative estimate of drug-likeness (QED) is 0.700. The molecular weight excluding hydrogens is 212 g/mol. The molecule has 1 N–H and O–H groups in total. The minimum atomic E-state index is -1.44. The number of hydrogen-bond donors (Lipinski definition) is 1. The van der Waals surface area contributed by atoms with Crippen LogP contribution in [0.3, 0.4) is 0 Å². The Labute approximate surface area is 89.9 Å². The summed E-state index contributed by atoms with van der Waals surface area (Å²) in [5, 5.41) is 11.3. The number of carbonyl (C=O) groups excluding carboxylic acids is 2. The van der Waals surface area contributed by atoms with E-state index in [1.54, 1.807) is 6.07 Å². The fourth-order valence-corrected chi connectivity index (χ4v) is 1.49. The Hall–Kier alpha value is -2.37. The number of ether oxygens (including phenoxy) is 1. The van der Waals surface area contributed by atoms with E-state index < -0.39 is 11.9 Å². The molecule has 0 fully saturated rings. The van der Waals surface area contributed by atoms with Crippen LogP contribution < -0.4 is 5.11 Å². The van der Waals surface area contributed by atoms with Crippen molar-refractivity contribution in [2.75, 3.05) is 7.11 Å². The Morgan fingerprint density at radius 2 is 2.25 bits per heavy atom. The standard InChI is InChI=1S/C10H8N2O4/c1-16-10(15)7-6(9(13)14)5-3-2-4-11-8(5)12-7/h2-4H,1H3,(H,11,12)(H,13,14)/p-1. The predicted molar refractivity (Wildman–Crippen MR) is 51.8 cm³/mol. The number of carboxylic acids is 1. The molecular formula is C10H7N2O4-. The van der Waals surface area contributed by atoms with Crippen LogP contribution in [0.25, 0.3) is 11.0 Å². The highest BCUT2D eigenvalue weighted by Gasteiger charge is 2.19. The summed E-state index contributed by atoms with van der Waals surface area (Å²) in [5.74, 6) is -2.21. The predicted octanol–water partition coefficient (Wildman–Crippen LogP) is -0.287. The molecule has 0 bridgehead atoms. The normalized spacial score (nSPS) is 10.3. The second-order valence-electron chi connectivity index (χ2n) is 3.05. The molecule has 0 aromatic carbocycles. The fraction of sp³-hybridized carbons (Fsp3) is 0.100. The number of carboxylic acid groups (broad SMARTS) is 1. The number of nitrogens with zero attached hydrogens (tertiary/aromatic N) is 1. The van der Waals surface area contributed by atoms with Crippen LogP contribution in [0, 0.1) is 0 Å². The summed E-state index contributed by atoms with van der Waals surface area (Å²) < 4.78 is 4.47. The van der Waals surface area contributed by atoms with Crippen LogP contribution in [0.5, 0.6) is 0 Å². The third-order valence-corrected chi connectivity index (χ3v) is 2.16. The largest absolute Gasteiger partial charge is 0.545 e. The number of nitrogens with one attached hydrogen (secondary N) is 1. The Bertz CT molecular complexity index is 573. The van der Waals surface area contributed by atoms with Crippen LogP contribution in [0.1, 0.15) is 20.8 Å². The third-order valence-electron chi connectivity index (χ3n) is 2.16. The van der Waals surface area contributed by atoms with E-state index in [1.807, 2.05) is 0 Å². The molecule has 82 valence electrons. The lowest BCUT2D eigenvalue weighted by atomic mass is 10.1. The maximum absolute atomic E-state index is 11.3. The fourth-order valence-electron chi connectivity index (χ4n) is 1.49. The summed E-state index contributed by atoms with van der Waals surface area (Å²) in [6.45, 7) is 0. The van der Waals surface area contributed by atoms with Crippen molar-refractivity contribution in [3.63, 3.8) is 0 Å². The van der Waals surface area contributed by atoms with Crippen LogP contribution in [-0.4, -0.2) is 29.0 Å². The van der Waals surface area contributed by atoms with Gasteiger partial charge in [-0.3, -0.25) is 0 Å². The van der Waals surface area contributed by atoms with Gasteiger partial charge in [-0.1, -0.05) is 0 Å². The molecule has 0 spiro atoms. The Kier molecular flexibility index (Phi) is 2.32. The summed E-state index contributed by atoms with van der Waals surface area (Å²) in [7, 11) is 1.17. The average Bonchev–Trinajstić information content (AvgIpc) is 2.67. The van der Waals surface area contributed by atoms with Crippen LogP contribution >= 0.6 is 0 Å². The summed E-state index contributed by atoms with van der Waals surface area (Å²) in [6.07, 6.45) is 1.49. The molecule has 0 atom stereocenters. The molecule has 0 saturated heterocycles. The van der Waals surface area contributed by atoms with E-state index in [1.165, 1.54) is 19.4 Å². The first-order valence-corrected chi connectivity index (χ1v) is 4.41. The van der Waals surface area contributed by atoms with Gasteiger partial charge in [0.2, 0.25) is 0 Å². The van der Waals surface area contributed by atoms with E-state index in [-0.39, 0.29) is 11.3 Å². The first-order chi connectivity index (χ1) is 7.65. The number of carbonyl (C=O) groups is 2. The zero-order chi connectivity index (χ0) is 11.7. The van der Waals surface area contributed by atoms with Gasteiger partial charge in [0.25, 0.3) is 0 Å². The number of fused-ring (bicyclic) bond motifs is 1. The number of hydrogen-bond acceptors (Lipinski definition) is 5. The van der Waals surface area contributed by atoms with Gasteiger partial charge in [-0.05, 0) is 12.1 Å². The summed E-state index contributed by atoms with van der Waals surface area (Å²) in [6, 6.07) is 3.11. The lowest BCUT2D eigenvalue weighted by Crippen LogP contribution is -2.24. The summed E-state index contributed by atoms with van der Waals surface area (Å²) >= 11 is 0. The molecule has 2 aromatic heterocycles.